The molecule has 0 saturated carbocycles. The third-order valence-corrected chi connectivity index (χ3v) is 8.51. The predicted molar refractivity (Wildman–Crippen MR) is 139 cm³/mol. The topological polar surface area (TPSA) is 27.7 Å². The first-order valence-electron chi connectivity index (χ1n) is 12.2. The van der Waals surface area contributed by atoms with E-state index < -0.39 is 0 Å². The van der Waals surface area contributed by atoms with Crippen LogP contribution in [0.4, 0.5) is 5.69 Å². The van der Waals surface area contributed by atoms with Crippen LogP contribution in [0.3, 0.4) is 0 Å². The van der Waals surface area contributed by atoms with E-state index in [9.17, 15) is 0 Å². The molecule has 1 N–H and O–H groups in total. The van der Waals surface area contributed by atoms with Crippen LogP contribution in [0, 0.1) is 0 Å². The molecule has 0 bridgehead atoms. The Morgan fingerprint density at radius 2 is 1.79 bits per heavy atom. The lowest BCUT2D eigenvalue weighted by Crippen LogP contribution is -2.54. The van der Waals surface area contributed by atoms with Crippen LogP contribution < -0.4 is 15.0 Å². The van der Waals surface area contributed by atoms with Crippen molar-refractivity contribution in [1.82, 2.24) is 10.2 Å². The zero-order chi connectivity index (χ0) is 22.7. The van der Waals surface area contributed by atoms with Crippen LogP contribution in [0.5, 0.6) is 5.75 Å². The summed E-state index contributed by atoms with van der Waals surface area (Å²) in [5.41, 5.74) is 4.47. The average Bonchev–Trinajstić information content (AvgIpc) is 3.40. The van der Waals surface area contributed by atoms with Crippen molar-refractivity contribution in [3.63, 3.8) is 0 Å². The van der Waals surface area contributed by atoms with Crippen LogP contribution in [-0.2, 0) is 12.0 Å². The predicted octanol–water partition coefficient (Wildman–Crippen LogP) is 5.46. The Hall–Kier alpha value is -2.34. The molecule has 5 heteroatoms. The minimum atomic E-state index is 0.0751. The maximum atomic E-state index is 6.68. The fourth-order valence-corrected chi connectivity index (χ4v) is 6.44. The number of piperidine rings is 1. The van der Waals surface area contributed by atoms with Crippen LogP contribution in [0.25, 0.3) is 0 Å². The highest BCUT2D eigenvalue weighted by atomic mass is 32.1. The monoisotopic (exact) mass is 461 g/mol. The number of nitrogens with one attached hydrogen (secondary N) is 1. The maximum absolute atomic E-state index is 6.68. The molecule has 1 aromatic heterocycles. The van der Waals surface area contributed by atoms with E-state index in [4.69, 9.17) is 4.74 Å². The smallest absolute Gasteiger partial charge is 0.143 e. The number of hydrogen-bond donors (Lipinski definition) is 1. The molecule has 0 amide bonds. The lowest BCUT2D eigenvalue weighted by Gasteiger charge is -2.51. The Morgan fingerprint density at radius 1 is 1.00 bits per heavy atom. The molecule has 4 nitrogen and oxygen atoms in total. The standard InChI is InChI=1S/C28H35N3OS/c1-29-17-13-26(27-12-7-21-33-27)32-25-11-6-5-10-24(25)31-19-15-28(16-20-31)23-9-4-3-8-22(23)14-18-30(28)2/h3-12,21,26,29H,13-20H2,1-2H3/t26-/m1/s1. The van der Waals surface area contributed by atoms with Gasteiger partial charge in [-0.1, -0.05) is 42.5 Å². The summed E-state index contributed by atoms with van der Waals surface area (Å²) < 4.78 is 6.68. The van der Waals surface area contributed by atoms with Gasteiger partial charge in [-0.05, 0) is 74.6 Å². The molecule has 0 unspecified atom stereocenters. The molecule has 1 fully saturated rings. The van der Waals surface area contributed by atoms with Crippen molar-refractivity contribution in [2.75, 3.05) is 45.2 Å². The third-order valence-electron chi connectivity index (χ3n) is 7.55. The van der Waals surface area contributed by atoms with E-state index in [1.165, 1.54) is 16.1 Å². The molecule has 3 aromatic rings. The molecule has 0 aliphatic carbocycles. The minimum absolute atomic E-state index is 0.0751. The Bertz CT molecular complexity index is 1040. The molecule has 5 rings (SSSR count). The van der Waals surface area contributed by atoms with E-state index in [2.05, 4.69) is 88.2 Å². The molecule has 1 spiro atoms. The fourth-order valence-electron chi connectivity index (χ4n) is 5.65. The SMILES string of the molecule is CNCC[C@@H](Oc1ccccc1N1CCC2(CC1)c1ccccc1CCN2C)c1cccs1. The number of hydrogen-bond acceptors (Lipinski definition) is 5. The van der Waals surface area contributed by atoms with Crippen molar-refractivity contribution in [3.8, 4) is 5.75 Å². The number of likely N-dealkylation sites (N-methyl/N-ethyl adjacent to an activating group) is 1. The van der Waals surface area contributed by atoms with Gasteiger partial charge in [-0.25, -0.2) is 0 Å². The van der Waals surface area contributed by atoms with Gasteiger partial charge in [0.05, 0.1) is 5.69 Å². The normalized spacial score (nSPS) is 18.8. The van der Waals surface area contributed by atoms with Gasteiger partial charge in [0.2, 0.25) is 0 Å². The molecule has 0 radical (unpaired) electrons. The van der Waals surface area contributed by atoms with Gasteiger partial charge in [0.25, 0.3) is 0 Å². The van der Waals surface area contributed by atoms with E-state index >= 15 is 0 Å². The summed E-state index contributed by atoms with van der Waals surface area (Å²) in [6.45, 7) is 4.16. The first-order valence-corrected chi connectivity index (χ1v) is 13.1. The third kappa shape index (κ3) is 4.42. The van der Waals surface area contributed by atoms with E-state index in [0.29, 0.717) is 0 Å². The highest BCUT2D eigenvalue weighted by Gasteiger charge is 2.43. The maximum Gasteiger partial charge on any atom is 0.143 e. The molecule has 3 heterocycles. The summed E-state index contributed by atoms with van der Waals surface area (Å²) in [6.07, 6.45) is 4.47. The highest BCUT2D eigenvalue weighted by Crippen LogP contribution is 2.44. The number of anilines is 1. The molecule has 1 atom stereocenters. The van der Waals surface area contributed by atoms with Crippen molar-refractivity contribution < 1.29 is 4.74 Å². The van der Waals surface area contributed by atoms with Gasteiger partial charge in [0.15, 0.2) is 0 Å². The second-order valence-corrected chi connectivity index (χ2v) is 10.3. The average molecular weight is 462 g/mol. The van der Waals surface area contributed by atoms with Gasteiger partial charge in [0.1, 0.15) is 11.9 Å². The van der Waals surface area contributed by atoms with Crippen molar-refractivity contribution in [2.24, 2.45) is 0 Å². The molecular weight excluding hydrogens is 426 g/mol. The number of nitrogens with zero attached hydrogens (tertiary/aromatic N) is 2. The lowest BCUT2D eigenvalue weighted by molar-refractivity contribution is 0.0756. The Labute approximate surface area is 202 Å². The van der Waals surface area contributed by atoms with Crippen LogP contribution in [0.1, 0.15) is 41.4 Å². The van der Waals surface area contributed by atoms with Gasteiger partial charge in [-0.2, -0.15) is 0 Å². The fraction of sp³-hybridized carbons (Fsp3) is 0.429. The first kappa shape index (κ1) is 22.5. The quantitative estimate of drug-likeness (QED) is 0.506. The zero-order valence-electron chi connectivity index (χ0n) is 19.8. The molecule has 2 aliphatic rings. The Morgan fingerprint density at radius 3 is 2.58 bits per heavy atom. The lowest BCUT2D eigenvalue weighted by atomic mass is 9.74. The number of benzene rings is 2. The van der Waals surface area contributed by atoms with Gasteiger partial charge in [0, 0.05) is 36.5 Å². The van der Waals surface area contributed by atoms with E-state index in [1.54, 1.807) is 16.9 Å². The minimum Gasteiger partial charge on any atom is -0.483 e. The number of para-hydroxylation sites is 2. The van der Waals surface area contributed by atoms with E-state index in [-0.39, 0.29) is 11.6 Å². The summed E-state index contributed by atoms with van der Waals surface area (Å²) in [5.74, 6) is 1.00. The van der Waals surface area contributed by atoms with Crippen molar-refractivity contribution in [3.05, 3.63) is 82.0 Å². The molecule has 174 valence electrons. The highest BCUT2D eigenvalue weighted by molar-refractivity contribution is 7.10. The summed E-state index contributed by atoms with van der Waals surface area (Å²) >= 11 is 1.78. The molecule has 1 saturated heterocycles. The second-order valence-electron chi connectivity index (χ2n) is 9.33. The van der Waals surface area contributed by atoms with Crippen LogP contribution >= 0.6 is 11.3 Å². The van der Waals surface area contributed by atoms with Crippen molar-refractivity contribution >= 4 is 17.0 Å². The van der Waals surface area contributed by atoms with Gasteiger partial charge < -0.3 is 15.0 Å². The zero-order valence-corrected chi connectivity index (χ0v) is 20.6. The summed E-state index contributed by atoms with van der Waals surface area (Å²) in [4.78, 5) is 6.44. The molecule has 2 aromatic carbocycles. The summed E-state index contributed by atoms with van der Waals surface area (Å²) in [7, 11) is 4.32. The van der Waals surface area contributed by atoms with E-state index in [0.717, 1.165) is 57.6 Å². The van der Waals surface area contributed by atoms with Gasteiger partial charge >= 0.3 is 0 Å². The first-order chi connectivity index (χ1) is 16.2. The van der Waals surface area contributed by atoms with Gasteiger partial charge in [-0.15, -0.1) is 11.3 Å². The number of fused-ring (bicyclic) bond motifs is 2. The Kier molecular flexibility index (Phi) is 6.72. The number of ether oxygens (including phenoxy) is 1. The number of thiophene rings is 1. The second kappa shape index (κ2) is 9.88. The van der Waals surface area contributed by atoms with E-state index in [1.807, 2.05) is 7.05 Å². The molecule has 2 aliphatic heterocycles. The summed E-state index contributed by atoms with van der Waals surface area (Å²) in [6, 6.07) is 22.0. The molecule has 33 heavy (non-hydrogen) atoms. The largest absolute Gasteiger partial charge is 0.483 e. The van der Waals surface area contributed by atoms with Crippen molar-refractivity contribution in [1.29, 1.82) is 0 Å². The Balaban J connectivity index is 1.36. The molecular formula is C28H35N3OS. The van der Waals surface area contributed by atoms with Crippen molar-refractivity contribution in [2.45, 2.75) is 37.3 Å². The summed E-state index contributed by atoms with van der Waals surface area (Å²) in [5, 5.41) is 5.42. The number of rotatable bonds is 7. The van der Waals surface area contributed by atoms with Crippen LogP contribution in [-0.4, -0.2) is 45.2 Å². The van der Waals surface area contributed by atoms with Crippen LogP contribution in [0.15, 0.2) is 66.0 Å². The van der Waals surface area contributed by atoms with Gasteiger partial charge in [-0.3, -0.25) is 4.90 Å². The van der Waals surface area contributed by atoms with Crippen LogP contribution in [0.2, 0.25) is 0 Å².